The van der Waals surface area contributed by atoms with E-state index in [2.05, 4.69) is 10.2 Å². The predicted octanol–water partition coefficient (Wildman–Crippen LogP) is 0.748. The third-order valence-electron chi connectivity index (χ3n) is 4.63. The van der Waals surface area contributed by atoms with Crippen molar-refractivity contribution in [3.63, 3.8) is 0 Å². The minimum absolute atomic E-state index is 0.0943. The number of phenolic OH excluding ortho intramolecular Hbond substituents is 1. The van der Waals surface area contributed by atoms with Crippen LogP contribution in [0.4, 0.5) is 0 Å². The van der Waals surface area contributed by atoms with Crippen LogP contribution in [0.5, 0.6) is 5.75 Å². The molecule has 0 atom stereocenters. The molecule has 1 aliphatic carbocycles. The summed E-state index contributed by atoms with van der Waals surface area (Å²) in [5, 5.41) is 12.7. The fourth-order valence-electron chi connectivity index (χ4n) is 2.98. The third kappa shape index (κ3) is 4.71. The van der Waals surface area contributed by atoms with Crippen LogP contribution < -0.4 is 5.32 Å². The van der Waals surface area contributed by atoms with Crippen molar-refractivity contribution in [3.8, 4) is 5.75 Å². The number of rotatable bonds is 6. The molecule has 24 heavy (non-hydrogen) atoms. The molecule has 2 N–H and O–H groups in total. The number of benzene rings is 1. The standard InChI is InChI=1S/C18H25N3O3/c22-16-4-2-1-3-14(16)5-8-18(24)21-11-9-20(10-12-21)13-17(23)19-15-6-7-15/h1-4,15,22H,5-13H2,(H,19,23). The lowest BCUT2D eigenvalue weighted by Gasteiger charge is -2.34. The Balaban J connectivity index is 1.38. The SMILES string of the molecule is O=C(CN1CCN(C(=O)CCc2ccccc2O)CC1)NC1CC1. The number of phenols is 1. The Morgan fingerprint density at radius 1 is 1.12 bits per heavy atom. The lowest BCUT2D eigenvalue weighted by Crippen LogP contribution is -2.51. The van der Waals surface area contributed by atoms with E-state index in [-0.39, 0.29) is 17.6 Å². The number of nitrogens with one attached hydrogen (secondary N) is 1. The highest BCUT2D eigenvalue weighted by Gasteiger charge is 2.26. The summed E-state index contributed by atoms with van der Waals surface area (Å²) in [6, 6.07) is 7.53. The second-order valence-corrected chi connectivity index (χ2v) is 6.63. The molecule has 1 saturated carbocycles. The Bertz CT molecular complexity index is 593. The van der Waals surface area contributed by atoms with Crippen molar-refractivity contribution in [2.75, 3.05) is 32.7 Å². The van der Waals surface area contributed by atoms with Crippen molar-refractivity contribution in [2.24, 2.45) is 0 Å². The van der Waals surface area contributed by atoms with Crippen LogP contribution in [0.2, 0.25) is 0 Å². The van der Waals surface area contributed by atoms with E-state index in [1.54, 1.807) is 12.1 Å². The van der Waals surface area contributed by atoms with E-state index in [1.807, 2.05) is 17.0 Å². The van der Waals surface area contributed by atoms with E-state index >= 15 is 0 Å². The molecule has 0 radical (unpaired) electrons. The van der Waals surface area contributed by atoms with Crippen LogP contribution >= 0.6 is 0 Å². The fraction of sp³-hybridized carbons (Fsp3) is 0.556. The molecule has 1 aromatic rings. The monoisotopic (exact) mass is 331 g/mol. The molecule has 0 aromatic heterocycles. The molecule has 1 heterocycles. The van der Waals surface area contributed by atoms with Gasteiger partial charge in [0.05, 0.1) is 6.54 Å². The number of nitrogens with zero attached hydrogens (tertiary/aromatic N) is 2. The molecule has 130 valence electrons. The summed E-state index contributed by atoms with van der Waals surface area (Å²) < 4.78 is 0. The molecule has 0 bridgehead atoms. The molecule has 2 aliphatic rings. The van der Waals surface area contributed by atoms with E-state index in [0.29, 0.717) is 38.5 Å². The maximum Gasteiger partial charge on any atom is 0.234 e. The molecule has 3 rings (SSSR count). The number of para-hydroxylation sites is 1. The van der Waals surface area contributed by atoms with Crippen LogP contribution in [0, 0.1) is 0 Å². The van der Waals surface area contributed by atoms with E-state index < -0.39 is 0 Å². The summed E-state index contributed by atoms with van der Waals surface area (Å²) in [5.41, 5.74) is 0.807. The minimum Gasteiger partial charge on any atom is -0.508 e. The number of piperazine rings is 1. The first kappa shape index (κ1) is 16.8. The van der Waals surface area contributed by atoms with Crippen LogP contribution in [0.1, 0.15) is 24.8 Å². The van der Waals surface area contributed by atoms with Gasteiger partial charge >= 0.3 is 0 Å². The van der Waals surface area contributed by atoms with Gasteiger partial charge in [-0.2, -0.15) is 0 Å². The molecule has 2 amide bonds. The van der Waals surface area contributed by atoms with Gasteiger partial charge < -0.3 is 15.3 Å². The van der Waals surface area contributed by atoms with Gasteiger partial charge in [0.15, 0.2) is 0 Å². The molecule has 1 aromatic carbocycles. The van der Waals surface area contributed by atoms with E-state index in [0.717, 1.165) is 31.5 Å². The normalized spacial score (nSPS) is 18.4. The Morgan fingerprint density at radius 3 is 2.50 bits per heavy atom. The van der Waals surface area contributed by atoms with Gasteiger partial charge in [-0.1, -0.05) is 18.2 Å². The van der Waals surface area contributed by atoms with Gasteiger partial charge in [-0.05, 0) is 30.9 Å². The molecule has 6 heteroatoms. The molecule has 6 nitrogen and oxygen atoms in total. The maximum atomic E-state index is 12.3. The van der Waals surface area contributed by atoms with Crippen molar-refractivity contribution >= 4 is 11.8 Å². The minimum atomic E-state index is 0.0943. The number of hydrogen-bond donors (Lipinski definition) is 2. The zero-order valence-corrected chi connectivity index (χ0v) is 13.9. The van der Waals surface area contributed by atoms with Crippen molar-refractivity contribution in [1.29, 1.82) is 0 Å². The third-order valence-corrected chi connectivity index (χ3v) is 4.63. The Hall–Kier alpha value is -2.08. The van der Waals surface area contributed by atoms with Crippen LogP contribution in [-0.2, 0) is 16.0 Å². The summed E-state index contributed by atoms with van der Waals surface area (Å²) >= 11 is 0. The van der Waals surface area contributed by atoms with E-state index in [1.165, 1.54) is 0 Å². The first-order chi connectivity index (χ1) is 11.6. The molecule has 1 aliphatic heterocycles. The van der Waals surface area contributed by atoms with Crippen molar-refractivity contribution < 1.29 is 14.7 Å². The summed E-state index contributed by atoms with van der Waals surface area (Å²) in [6.07, 6.45) is 3.16. The van der Waals surface area contributed by atoms with Gasteiger partial charge in [0.2, 0.25) is 11.8 Å². The average Bonchev–Trinajstić information content (AvgIpc) is 3.38. The molecular weight excluding hydrogens is 306 g/mol. The molecular formula is C18H25N3O3. The number of aromatic hydroxyl groups is 1. The fourth-order valence-corrected chi connectivity index (χ4v) is 2.98. The summed E-state index contributed by atoms with van der Waals surface area (Å²) in [4.78, 5) is 28.1. The lowest BCUT2D eigenvalue weighted by atomic mass is 10.1. The highest BCUT2D eigenvalue weighted by molar-refractivity contribution is 5.79. The summed E-state index contributed by atoms with van der Waals surface area (Å²) in [6.45, 7) is 3.23. The molecule has 2 fully saturated rings. The lowest BCUT2D eigenvalue weighted by molar-refractivity contribution is -0.133. The first-order valence-electron chi connectivity index (χ1n) is 8.68. The second-order valence-electron chi connectivity index (χ2n) is 6.63. The van der Waals surface area contributed by atoms with Gasteiger partial charge in [-0.15, -0.1) is 0 Å². The molecule has 1 saturated heterocycles. The van der Waals surface area contributed by atoms with Crippen LogP contribution in [-0.4, -0.2) is 65.5 Å². The van der Waals surface area contributed by atoms with Crippen molar-refractivity contribution in [1.82, 2.24) is 15.1 Å². The van der Waals surface area contributed by atoms with Gasteiger partial charge in [0.25, 0.3) is 0 Å². The van der Waals surface area contributed by atoms with Crippen LogP contribution in [0.3, 0.4) is 0 Å². The van der Waals surface area contributed by atoms with Gasteiger partial charge in [0.1, 0.15) is 5.75 Å². The highest BCUT2D eigenvalue weighted by atomic mass is 16.3. The average molecular weight is 331 g/mol. The van der Waals surface area contributed by atoms with Crippen LogP contribution in [0.25, 0.3) is 0 Å². The van der Waals surface area contributed by atoms with Crippen molar-refractivity contribution in [3.05, 3.63) is 29.8 Å². The largest absolute Gasteiger partial charge is 0.508 e. The summed E-state index contributed by atoms with van der Waals surface area (Å²) in [7, 11) is 0. The first-order valence-corrected chi connectivity index (χ1v) is 8.68. The number of hydrogen-bond acceptors (Lipinski definition) is 4. The van der Waals surface area contributed by atoms with E-state index in [4.69, 9.17) is 0 Å². The number of amides is 2. The maximum absolute atomic E-state index is 12.3. The molecule has 0 spiro atoms. The zero-order valence-electron chi connectivity index (χ0n) is 13.9. The van der Waals surface area contributed by atoms with Gasteiger partial charge in [-0.3, -0.25) is 14.5 Å². The smallest absolute Gasteiger partial charge is 0.234 e. The van der Waals surface area contributed by atoms with E-state index in [9.17, 15) is 14.7 Å². The van der Waals surface area contributed by atoms with Crippen LogP contribution in [0.15, 0.2) is 24.3 Å². The second kappa shape index (κ2) is 7.66. The number of carbonyl (C=O) groups excluding carboxylic acids is 2. The Labute approximate surface area is 142 Å². The predicted molar refractivity (Wildman–Crippen MR) is 90.6 cm³/mol. The van der Waals surface area contributed by atoms with Crippen molar-refractivity contribution in [2.45, 2.75) is 31.7 Å². The summed E-state index contributed by atoms with van der Waals surface area (Å²) in [5.74, 6) is 0.453. The Morgan fingerprint density at radius 2 is 1.83 bits per heavy atom. The van der Waals surface area contributed by atoms with Gasteiger partial charge in [0, 0.05) is 38.6 Å². The zero-order chi connectivity index (χ0) is 16.9. The highest BCUT2D eigenvalue weighted by Crippen LogP contribution is 2.19. The van der Waals surface area contributed by atoms with Gasteiger partial charge in [-0.25, -0.2) is 0 Å². The quantitative estimate of drug-likeness (QED) is 0.807. The topological polar surface area (TPSA) is 72.9 Å². The number of aryl methyl sites for hydroxylation is 1. The number of carbonyl (C=O) groups is 2. The molecule has 0 unspecified atom stereocenters. The Kier molecular flexibility index (Phi) is 5.35.